The molecule has 0 unspecified atom stereocenters. The van der Waals surface area contributed by atoms with E-state index in [1.807, 2.05) is 24.3 Å². The van der Waals surface area contributed by atoms with Gasteiger partial charge in [-0.3, -0.25) is 0 Å². The van der Waals surface area contributed by atoms with Crippen LogP contribution in [-0.4, -0.2) is 28.3 Å². The van der Waals surface area contributed by atoms with E-state index in [1.54, 1.807) is 0 Å². The standard InChI is InChI=1S/C15H15ClN4O/c16-11-1-2-12-10(7-11)8-13(18-12)15-20-19-14(21-15)9-3-5-17-6-4-9/h1-2,7-9,17-18H,3-6H2. The summed E-state index contributed by atoms with van der Waals surface area (Å²) in [6.45, 7) is 2.01. The molecule has 2 aromatic heterocycles. The largest absolute Gasteiger partial charge is 0.419 e. The molecule has 3 heterocycles. The number of nitrogens with zero attached hydrogens (tertiary/aromatic N) is 2. The van der Waals surface area contributed by atoms with Gasteiger partial charge in [-0.15, -0.1) is 10.2 Å². The normalized spacial score (nSPS) is 16.6. The second kappa shape index (κ2) is 5.16. The highest BCUT2D eigenvalue weighted by Crippen LogP contribution is 2.29. The molecule has 0 bridgehead atoms. The van der Waals surface area contributed by atoms with E-state index in [-0.39, 0.29) is 0 Å². The molecular formula is C15H15ClN4O. The molecule has 0 atom stereocenters. The first-order valence-electron chi connectivity index (χ1n) is 7.12. The molecule has 108 valence electrons. The van der Waals surface area contributed by atoms with Gasteiger partial charge in [0, 0.05) is 21.8 Å². The predicted molar refractivity (Wildman–Crippen MR) is 81.4 cm³/mol. The molecule has 1 saturated heterocycles. The summed E-state index contributed by atoms with van der Waals surface area (Å²) in [6.07, 6.45) is 2.09. The van der Waals surface area contributed by atoms with Crippen molar-refractivity contribution in [3.63, 3.8) is 0 Å². The predicted octanol–water partition coefficient (Wildman–Crippen LogP) is 3.34. The molecule has 4 rings (SSSR count). The van der Waals surface area contributed by atoms with Crippen LogP contribution in [0.25, 0.3) is 22.5 Å². The highest BCUT2D eigenvalue weighted by atomic mass is 35.5. The average molecular weight is 303 g/mol. The van der Waals surface area contributed by atoms with Gasteiger partial charge in [0.25, 0.3) is 5.89 Å². The van der Waals surface area contributed by atoms with E-state index in [0.29, 0.717) is 16.8 Å². The van der Waals surface area contributed by atoms with E-state index < -0.39 is 0 Å². The fourth-order valence-corrected chi connectivity index (χ4v) is 2.98. The summed E-state index contributed by atoms with van der Waals surface area (Å²) in [5, 5.41) is 13.5. The molecule has 5 nitrogen and oxygen atoms in total. The zero-order valence-corrected chi connectivity index (χ0v) is 12.2. The number of aromatic nitrogens is 3. The summed E-state index contributed by atoms with van der Waals surface area (Å²) >= 11 is 6.01. The Morgan fingerprint density at radius 1 is 1.14 bits per heavy atom. The van der Waals surface area contributed by atoms with Crippen molar-refractivity contribution in [3.8, 4) is 11.6 Å². The van der Waals surface area contributed by atoms with Crippen molar-refractivity contribution in [3.05, 3.63) is 35.2 Å². The summed E-state index contributed by atoms with van der Waals surface area (Å²) in [5.74, 6) is 1.64. The van der Waals surface area contributed by atoms with Crippen LogP contribution in [0.3, 0.4) is 0 Å². The fraction of sp³-hybridized carbons (Fsp3) is 0.333. The van der Waals surface area contributed by atoms with Gasteiger partial charge in [-0.05, 0) is 50.2 Å². The van der Waals surface area contributed by atoms with Crippen LogP contribution in [0.2, 0.25) is 5.02 Å². The third-order valence-electron chi connectivity index (χ3n) is 3.94. The molecular weight excluding hydrogens is 288 g/mol. The number of halogens is 1. The smallest absolute Gasteiger partial charge is 0.264 e. The highest BCUT2D eigenvalue weighted by molar-refractivity contribution is 6.31. The van der Waals surface area contributed by atoms with Crippen molar-refractivity contribution in [2.75, 3.05) is 13.1 Å². The first-order chi connectivity index (χ1) is 10.3. The Labute approximate surface area is 126 Å². The van der Waals surface area contributed by atoms with Crippen LogP contribution in [0.4, 0.5) is 0 Å². The Kier molecular flexibility index (Phi) is 3.16. The van der Waals surface area contributed by atoms with E-state index >= 15 is 0 Å². The minimum absolute atomic E-state index is 0.367. The SMILES string of the molecule is Clc1ccc2[nH]c(-c3nnc(C4CCNCC4)o3)cc2c1. The maximum Gasteiger partial charge on any atom is 0.264 e. The average Bonchev–Trinajstić information content (AvgIpc) is 3.14. The molecule has 1 aliphatic rings. The zero-order valence-electron chi connectivity index (χ0n) is 11.4. The van der Waals surface area contributed by atoms with Crippen LogP contribution in [0.1, 0.15) is 24.7 Å². The Morgan fingerprint density at radius 3 is 2.86 bits per heavy atom. The summed E-state index contributed by atoms with van der Waals surface area (Å²) in [4.78, 5) is 3.29. The molecule has 0 saturated carbocycles. The lowest BCUT2D eigenvalue weighted by Gasteiger charge is -2.18. The molecule has 3 aromatic rings. The van der Waals surface area contributed by atoms with Crippen LogP contribution < -0.4 is 5.32 Å². The minimum Gasteiger partial charge on any atom is -0.419 e. The van der Waals surface area contributed by atoms with Gasteiger partial charge in [-0.1, -0.05) is 11.6 Å². The van der Waals surface area contributed by atoms with Crippen LogP contribution in [0, 0.1) is 0 Å². The van der Waals surface area contributed by atoms with Crippen molar-refractivity contribution < 1.29 is 4.42 Å². The molecule has 1 aromatic carbocycles. The molecule has 1 aliphatic heterocycles. The van der Waals surface area contributed by atoms with Crippen LogP contribution in [0.5, 0.6) is 0 Å². The van der Waals surface area contributed by atoms with E-state index in [2.05, 4.69) is 20.5 Å². The van der Waals surface area contributed by atoms with Gasteiger partial charge in [0.1, 0.15) is 5.69 Å². The number of fused-ring (bicyclic) bond motifs is 1. The summed E-state index contributed by atoms with van der Waals surface area (Å²) in [7, 11) is 0. The number of hydrogen-bond donors (Lipinski definition) is 2. The molecule has 0 aliphatic carbocycles. The number of rotatable bonds is 2. The van der Waals surface area contributed by atoms with Crippen molar-refractivity contribution in [1.82, 2.24) is 20.5 Å². The lowest BCUT2D eigenvalue weighted by Crippen LogP contribution is -2.26. The van der Waals surface area contributed by atoms with Crippen molar-refractivity contribution in [2.45, 2.75) is 18.8 Å². The number of aromatic amines is 1. The molecule has 0 spiro atoms. The van der Waals surface area contributed by atoms with Crippen molar-refractivity contribution in [2.24, 2.45) is 0 Å². The van der Waals surface area contributed by atoms with Crippen LogP contribution in [-0.2, 0) is 0 Å². The third-order valence-corrected chi connectivity index (χ3v) is 4.18. The van der Waals surface area contributed by atoms with Gasteiger partial charge in [0.15, 0.2) is 0 Å². The van der Waals surface area contributed by atoms with Gasteiger partial charge in [0.05, 0.1) is 0 Å². The second-order valence-electron chi connectivity index (χ2n) is 5.38. The topological polar surface area (TPSA) is 66.7 Å². The molecule has 6 heteroatoms. The number of H-pyrrole nitrogens is 1. The fourth-order valence-electron chi connectivity index (χ4n) is 2.80. The Bertz CT molecular complexity index is 773. The molecule has 1 fully saturated rings. The van der Waals surface area contributed by atoms with Gasteiger partial charge < -0.3 is 14.7 Å². The highest BCUT2D eigenvalue weighted by Gasteiger charge is 2.22. The van der Waals surface area contributed by atoms with Crippen LogP contribution >= 0.6 is 11.6 Å². The first kappa shape index (κ1) is 12.9. The molecule has 0 radical (unpaired) electrons. The Morgan fingerprint density at radius 2 is 2.00 bits per heavy atom. The zero-order chi connectivity index (χ0) is 14.2. The van der Waals surface area contributed by atoms with E-state index in [4.69, 9.17) is 16.0 Å². The first-order valence-corrected chi connectivity index (χ1v) is 7.50. The molecule has 21 heavy (non-hydrogen) atoms. The quantitative estimate of drug-likeness (QED) is 0.762. The number of benzene rings is 1. The maximum atomic E-state index is 6.01. The van der Waals surface area contributed by atoms with E-state index in [9.17, 15) is 0 Å². The second-order valence-corrected chi connectivity index (χ2v) is 5.82. The number of piperidine rings is 1. The van der Waals surface area contributed by atoms with Crippen molar-refractivity contribution in [1.29, 1.82) is 0 Å². The van der Waals surface area contributed by atoms with Gasteiger partial charge in [-0.2, -0.15) is 0 Å². The van der Waals surface area contributed by atoms with Gasteiger partial charge >= 0.3 is 0 Å². The lowest BCUT2D eigenvalue weighted by molar-refractivity contribution is 0.378. The number of nitrogens with one attached hydrogen (secondary N) is 2. The lowest BCUT2D eigenvalue weighted by atomic mass is 9.98. The molecule has 0 amide bonds. The van der Waals surface area contributed by atoms with E-state index in [0.717, 1.165) is 48.4 Å². The minimum atomic E-state index is 0.367. The van der Waals surface area contributed by atoms with Gasteiger partial charge in [-0.25, -0.2) is 0 Å². The van der Waals surface area contributed by atoms with Gasteiger partial charge in [0.2, 0.25) is 5.89 Å². The Balaban J connectivity index is 1.67. The van der Waals surface area contributed by atoms with E-state index in [1.165, 1.54) is 0 Å². The number of hydrogen-bond acceptors (Lipinski definition) is 4. The maximum absolute atomic E-state index is 6.01. The Hall–Kier alpha value is -1.85. The summed E-state index contributed by atoms with van der Waals surface area (Å²) in [6, 6.07) is 7.71. The summed E-state index contributed by atoms with van der Waals surface area (Å²) < 4.78 is 5.85. The van der Waals surface area contributed by atoms with Crippen LogP contribution in [0.15, 0.2) is 28.7 Å². The molecule has 2 N–H and O–H groups in total. The monoisotopic (exact) mass is 302 g/mol. The third kappa shape index (κ3) is 2.43. The van der Waals surface area contributed by atoms with Crippen molar-refractivity contribution >= 4 is 22.5 Å². The summed E-state index contributed by atoms with van der Waals surface area (Å²) in [5.41, 5.74) is 1.84.